The Morgan fingerprint density at radius 1 is 1.12 bits per heavy atom. The van der Waals surface area contributed by atoms with Gasteiger partial charge in [0.1, 0.15) is 0 Å². The first kappa shape index (κ1) is 20.3. The van der Waals surface area contributed by atoms with Crippen LogP contribution in [-0.4, -0.2) is 77.5 Å². The highest BCUT2D eigenvalue weighted by Crippen LogP contribution is 2.45. The van der Waals surface area contributed by atoms with Crippen LogP contribution >= 0.6 is 0 Å². The Bertz CT molecular complexity index is 923. The van der Waals surface area contributed by atoms with Crippen LogP contribution in [0.2, 0.25) is 0 Å². The summed E-state index contributed by atoms with van der Waals surface area (Å²) in [7, 11) is 0. The molecule has 2 atom stereocenters. The van der Waals surface area contributed by atoms with Crippen LogP contribution in [-0.2, 0) is 4.79 Å². The summed E-state index contributed by atoms with van der Waals surface area (Å²) in [5, 5.41) is 15.6. The molecule has 0 radical (unpaired) electrons. The van der Waals surface area contributed by atoms with Gasteiger partial charge in [-0.3, -0.25) is 9.80 Å². The zero-order valence-corrected chi connectivity index (χ0v) is 18.7. The summed E-state index contributed by atoms with van der Waals surface area (Å²) < 4.78 is 0. The van der Waals surface area contributed by atoms with Gasteiger partial charge in [-0.05, 0) is 56.1 Å². The Hall–Kier alpha value is -2.35. The van der Waals surface area contributed by atoms with Gasteiger partial charge in [0.2, 0.25) is 5.91 Å². The fourth-order valence-corrected chi connectivity index (χ4v) is 5.45. The maximum atomic E-state index is 12.9. The van der Waals surface area contributed by atoms with Crippen LogP contribution in [0.15, 0.2) is 11.2 Å². The lowest BCUT2D eigenvalue weighted by atomic mass is 9.96. The van der Waals surface area contributed by atoms with Crippen molar-refractivity contribution >= 4 is 23.6 Å². The van der Waals surface area contributed by atoms with E-state index in [-0.39, 0.29) is 18.4 Å². The van der Waals surface area contributed by atoms with Crippen LogP contribution in [0.5, 0.6) is 0 Å². The number of carbonyl (C=O) groups excluding carboxylic acids is 1. The van der Waals surface area contributed by atoms with Gasteiger partial charge in [-0.2, -0.15) is 5.10 Å². The van der Waals surface area contributed by atoms with E-state index in [0.717, 1.165) is 50.5 Å². The number of amides is 1. The predicted molar refractivity (Wildman–Crippen MR) is 124 cm³/mol. The molecule has 0 spiro atoms. The zero-order chi connectivity index (χ0) is 21.8. The average molecular weight is 439 g/mol. The molecule has 1 aromatic rings. The summed E-state index contributed by atoms with van der Waals surface area (Å²) in [4.78, 5) is 22.6. The quantitative estimate of drug-likeness (QED) is 0.673. The second-order valence-electron chi connectivity index (χ2n) is 10.3. The molecule has 5 aliphatic rings. The molecule has 172 valence electrons. The molecule has 2 aliphatic heterocycles. The maximum absolute atomic E-state index is 12.9. The Morgan fingerprint density at radius 2 is 1.94 bits per heavy atom. The number of rotatable bonds is 7. The van der Waals surface area contributed by atoms with E-state index in [2.05, 4.69) is 21.0 Å². The number of hydrazone groups is 1. The van der Waals surface area contributed by atoms with Crippen LogP contribution in [0, 0.1) is 11.8 Å². The predicted octanol–water partition coefficient (Wildman–Crippen LogP) is 1.76. The third-order valence-corrected chi connectivity index (χ3v) is 7.72. The van der Waals surface area contributed by atoms with E-state index in [9.17, 15) is 9.90 Å². The highest BCUT2D eigenvalue weighted by atomic mass is 16.3. The monoisotopic (exact) mass is 438 g/mol. The highest BCUT2D eigenvalue weighted by molar-refractivity contribution is 5.82. The third kappa shape index (κ3) is 3.83. The van der Waals surface area contributed by atoms with Gasteiger partial charge in [-0.25, -0.2) is 4.98 Å². The summed E-state index contributed by atoms with van der Waals surface area (Å²) in [6, 6.07) is 2.43. The van der Waals surface area contributed by atoms with E-state index in [1.165, 1.54) is 36.9 Å². The largest absolute Gasteiger partial charge is 0.396 e. The minimum atomic E-state index is 0.107. The average Bonchev–Trinajstić information content (AvgIpc) is 3.67. The number of pyridine rings is 1. The van der Waals surface area contributed by atoms with Gasteiger partial charge < -0.3 is 20.6 Å². The molecular formula is C24H34N6O2. The Balaban J connectivity index is 1.25. The standard InChI is InChI=1S/C24H34N6O2/c25-20-11-19(18-12-26-29(13-18)9-10-31)22(16-3-4-16)27-23(20)28-7-8-30(24(32)17-5-6-17)21(14-28)15-1-2-15/h11-12,15-18,21,31H,1-10,13-14,25H2/t18?,21-/m0/s1. The van der Waals surface area contributed by atoms with Crippen LogP contribution in [0.1, 0.15) is 61.6 Å². The van der Waals surface area contributed by atoms with Crippen molar-refractivity contribution < 1.29 is 9.90 Å². The Morgan fingerprint density at radius 3 is 2.62 bits per heavy atom. The molecular weight excluding hydrogens is 404 g/mol. The number of nitrogen functional groups attached to an aromatic ring is 1. The molecule has 3 heterocycles. The number of aliphatic hydroxyl groups is 1. The van der Waals surface area contributed by atoms with Crippen molar-refractivity contribution in [3.63, 3.8) is 0 Å². The molecule has 1 aromatic heterocycles. The Labute approximate surface area is 189 Å². The van der Waals surface area contributed by atoms with Crippen molar-refractivity contribution in [2.75, 3.05) is 50.0 Å². The number of piperazine rings is 1. The molecule has 1 saturated heterocycles. The van der Waals surface area contributed by atoms with Crippen molar-refractivity contribution in [2.24, 2.45) is 16.9 Å². The number of hydrogen-bond donors (Lipinski definition) is 2. The van der Waals surface area contributed by atoms with Gasteiger partial charge in [0.25, 0.3) is 0 Å². The molecule has 1 unspecified atom stereocenters. The minimum absolute atomic E-state index is 0.107. The lowest BCUT2D eigenvalue weighted by Gasteiger charge is -2.43. The molecule has 0 aromatic carbocycles. The summed E-state index contributed by atoms with van der Waals surface area (Å²) >= 11 is 0. The van der Waals surface area contributed by atoms with Gasteiger partial charge >= 0.3 is 0 Å². The number of nitrogens with zero attached hydrogens (tertiary/aromatic N) is 5. The SMILES string of the molecule is Nc1cc(C2C=NN(CCO)C2)c(C2CC2)nc1N1CCN(C(=O)C2CC2)[C@H](C2CC2)C1. The number of aliphatic hydroxyl groups excluding tert-OH is 1. The fraction of sp³-hybridized carbons (Fsp3) is 0.708. The zero-order valence-electron chi connectivity index (χ0n) is 18.7. The first-order chi connectivity index (χ1) is 15.6. The van der Waals surface area contributed by atoms with Crippen LogP contribution in [0.25, 0.3) is 0 Å². The second kappa shape index (κ2) is 7.90. The molecule has 3 N–H and O–H groups in total. The van der Waals surface area contributed by atoms with Crippen molar-refractivity contribution in [1.82, 2.24) is 14.9 Å². The summed E-state index contributed by atoms with van der Waals surface area (Å²) in [6.07, 6.45) is 8.93. The van der Waals surface area contributed by atoms with E-state index in [1.54, 1.807) is 0 Å². The number of carbonyl (C=O) groups is 1. The van der Waals surface area contributed by atoms with Gasteiger partial charge in [-0.15, -0.1) is 0 Å². The van der Waals surface area contributed by atoms with Crippen molar-refractivity contribution in [2.45, 2.75) is 56.4 Å². The van der Waals surface area contributed by atoms with Gasteiger partial charge in [-0.1, -0.05) is 0 Å². The van der Waals surface area contributed by atoms with Crippen molar-refractivity contribution in [3.8, 4) is 0 Å². The summed E-state index contributed by atoms with van der Waals surface area (Å²) in [5.74, 6) is 2.89. The molecule has 8 nitrogen and oxygen atoms in total. The second-order valence-corrected chi connectivity index (χ2v) is 10.3. The lowest BCUT2D eigenvalue weighted by Crippen LogP contribution is -2.57. The summed E-state index contributed by atoms with van der Waals surface area (Å²) in [5.41, 5.74) is 9.71. The molecule has 3 saturated carbocycles. The summed E-state index contributed by atoms with van der Waals surface area (Å²) in [6.45, 7) is 3.86. The fourth-order valence-electron chi connectivity index (χ4n) is 5.45. The lowest BCUT2D eigenvalue weighted by molar-refractivity contribution is -0.135. The van der Waals surface area contributed by atoms with E-state index in [0.29, 0.717) is 30.3 Å². The third-order valence-electron chi connectivity index (χ3n) is 7.72. The van der Waals surface area contributed by atoms with E-state index < -0.39 is 0 Å². The minimum Gasteiger partial charge on any atom is -0.396 e. The molecule has 1 amide bonds. The number of nitrogens with two attached hydrogens (primary N) is 1. The number of aromatic nitrogens is 1. The Kier molecular flexibility index (Phi) is 5.01. The van der Waals surface area contributed by atoms with E-state index in [1.807, 2.05) is 11.2 Å². The molecule has 6 rings (SSSR count). The first-order valence-electron chi connectivity index (χ1n) is 12.4. The molecule has 32 heavy (non-hydrogen) atoms. The topological polar surface area (TPSA) is 98.3 Å². The normalized spacial score (nSPS) is 28.0. The highest BCUT2D eigenvalue weighted by Gasteiger charge is 2.45. The molecule has 3 aliphatic carbocycles. The van der Waals surface area contributed by atoms with Crippen LogP contribution in [0.3, 0.4) is 0 Å². The molecule has 8 heteroatoms. The van der Waals surface area contributed by atoms with Crippen molar-refractivity contribution in [3.05, 3.63) is 17.3 Å². The van der Waals surface area contributed by atoms with Gasteiger partial charge in [0.05, 0.1) is 24.9 Å². The maximum Gasteiger partial charge on any atom is 0.226 e. The van der Waals surface area contributed by atoms with E-state index in [4.69, 9.17) is 10.7 Å². The first-order valence-corrected chi connectivity index (χ1v) is 12.4. The van der Waals surface area contributed by atoms with E-state index >= 15 is 0 Å². The smallest absolute Gasteiger partial charge is 0.226 e. The molecule has 4 fully saturated rings. The number of hydrogen-bond acceptors (Lipinski definition) is 7. The molecule has 0 bridgehead atoms. The van der Waals surface area contributed by atoms with Crippen LogP contribution < -0.4 is 10.6 Å². The number of anilines is 2. The van der Waals surface area contributed by atoms with Crippen LogP contribution in [0.4, 0.5) is 11.5 Å². The van der Waals surface area contributed by atoms with Crippen molar-refractivity contribution in [1.29, 1.82) is 0 Å². The van der Waals surface area contributed by atoms with Gasteiger partial charge in [0, 0.05) is 55.8 Å². The van der Waals surface area contributed by atoms with Gasteiger partial charge in [0.15, 0.2) is 5.82 Å². The number of β-amino-alcohol motifs (C(OH)–C–C–N with tert-alkyl or cyclic N) is 1.